The van der Waals surface area contributed by atoms with Crippen molar-refractivity contribution >= 4 is 33.0 Å². The summed E-state index contributed by atoms with van der Waals surface area (Å²) in [6.45, 7) is 7.31. The van der Waals surface area contributed by atoms with Gasteiger partial charge in [0.05, 0.1) is 5.02 Å². The molecule has 0 aliphatic rings. The van der Waals surface area contributed by atoms with Gasteiger partial charge in [-0.05, 0) is 27.0 Å². The monoisotopic (exact) mass is 296 g/mol. The molecule has 2 nitrogen and oxygen atoms in total. The second-order valence-corrected chi connectivity index (χ2v) is 6.60. The average molecular weight is 297 g/mol. The van der Waals surface area contributed by atoms with E-state index in [1.807, 2.05) is 6.07 Å². The van der Waals surface area contributed by atoms with Crippen LogP contribution in [-0.4, -0.2) is 31.1 Å². The van der Waals surface area contributed by atoms with Crippen LogP contribution in [0.2, 0.25) is 5.02 Å². The molecule has 0 aliphatic heterocycles. The SMILES string of the molecule is CC(C)N(C)CCNCc1sc2ccccc2c1Cl. The van der Waals surface area contributed by atoms with Crippen molar-refractivity contribution in [2.75, 3.05) is 20.1 Å². The summed E-state index contributed by atoms with van der Waals surface area (Å²) in [6.07, 6.45) is 0. The number of rotatable bonds is 6. The van der Waals surface area contributed by atoms with Crippen LogP contribution in [-0.2, 0) is 6.54 Å². The molecule has 0 saturated carbocycles. The Labute approximate surface area is 124 Å². The fraction of sp³-hybridized carbons (Fsp3) is 0.467. The molecule has 0 saturated heterocycles. The van der Waals surface area contributed by atoms with E-state index in [1.165, 1.54) is 15.0 Å². The first-order valence-electron chi connectivity index (χ1n) is 6.66. The van der Waals surface area contributed by atoms with E-state index in [9.17, 15) is 0 Å². The normalized spacial score (nSPS) is 11.9. The van der Waals surface area contributed by atoms with E-state index in [2.05, 4.69) is 49.3 Å². The van der Waals surface area contributed by atoms with Crippen molar-refractivity contribution in [2.24, 2.45) is 0 Å². The summed E-state index contributed by atoms with van der Waals surface area (Å²) >= 11 is 8.19. The smallest absolute Gasteiger partial charge is 0.0636 e. The zero-order valence-corrected chi connectivity index (χ0v) is 13.3. The molecule has 0 amide bonds. The van der Waals surface area contributed by atoms with Crippen molar-refractivity contribution in [3.63, 3.8) is 0 Å². The van der Waals surface area contributed by atoms with Crippen LogP contribution in [0, 0.1) is 0 Å². The summed E-state index contributed by atoms with van der Waals surface area (Å²) in [5, 5.41) is 5.55. The highest BCUT2D eigenvalue weighted by Crippen LogP contribution is 2.34. The number of benzene rings is 1. The van der Waals surface area contributed by atoms with E-state index in [0.29, 0.717) is 6.04 Å². The Kier molecular flexibility index (Phi) is 5.22. The van der Waals surface area contributed by atoms with Crippen molar-refractivity contribution in [1.29, 1.82) is 0 Å². The molecule has 1 N–H and O–H groups in total. The van der Waals surface area contributed by atoms with Crippen LogP contribution < -0.4 is 5.32 Å². The third kappa shape index (κ3) is 3.69. The van der Waals surface area contributed by atoms with Crippen LogP contribution in [0.3, 0.4) is 0 Å². The summed E-state index contributed by atoms with van der Waals surface area (Å²) in [5.74, 6) is 0. The predicted octanol–water partition coefficient (Wildman–Crippen LogP) is 3.98. The predicted molar refractivity (Wildman–Crippen MR) is 86.3 cm³/mol. The quantitative estimate of drug-likeness (QED) is 0.811. The number of hydrogen-bond acceptors (Lipinski definition) is 3. The largest absolute Gasteiger partial charge is 0.311 e. The molecule has 0 radical (unpaired) electrons. The third-order valence-electron chi connectivity index (χ3n) is 3.41. The Morgan fingerprint density at radius 1 is 1.32 bits per heavy atom. The average Bonchev–Trinajstić information content (AvgIpc) is 2.72. The van der Waals surface area contributed by atoms with Crippen LogP contribution in [0.5, 0.6) is 0 Å². The summed E-state index contributed by atoms with van der Waals surface area (Å²) in [4.78, 5) is 3.56. The van der Waals surface area contributed by atoms with Gasteiger partial charge in [0.1, 0.15) is 0 Å². The molecule has 2 aromatic rings. The van der Waals surface area contributed by atoms with E-state index in [4.69, 9.17) is 11.6 Å². The van der Waals surface area contributed by atoms with Crippen LogP contribution in [0.4, 0.5) is 0 Å². The second kappa shape index (κ2) is 6.71. The van der Waals surface area contributed by atoms with Gasteiger partial charge in [0.15, 0.2) is 0 Å². The van der Waals surface area contributed by atoms with Gasteiger partial charge in [0.2, 0.25) is 0 Å². The molecule has 4 heteroatoms. The van der Waals surface area contributed by atoms with Crippen LogP contribution >= 0.6 is 22.9 Å². The van der Waals surface area contributed by atoms with Gasteiger partial charge in [-0.3, -0.25) is 0 Å². The van der Waals surface area contributed by atoms with Gasteiger partial charge in [-0.2, -0.15) is 0 Å². The molecule has 0 atom stereocenters. The second-order valence-electron chi connectivity index (χ2n) is 5.09. The lowest BCUT2D eigenvalue weighted by Crippen LogP contribution is -2.33. The zero-order chi connectivity index (χ0) is 13.8. The maximum Gasteiger partial charge on any atom is 0.0636 e. The number of fused-ring (bicyclic) bond motifs is 1. The molecule has 0 unspecified atom stereocenters. The molecule has 104 valence electrons. The topological polar surface area (TPSA) is 15.3 Å². The number of hydrogen-bond donors (Lipinski definition) is 1. The first-order valence-corrected chi connectivity index (χ1v) is 7.86. The van der Waals surface area contributed by atoms with Gasteiger partial charge in [0, 0.05) is 40.6 Å². The standard InChI is InChI=1S/C15H21ClN2S/c1-11(2)18(3)9-8-17-10-14-15(16)12-6-4-5-7-13(12)19-14/h4-7,11,17H,8-10H2,1-3H3. The summed E-state index contributed by atoms with van der Waals surface area (Å²) < 4.78 is 1.27. The Morgan fingerprint density at radius 3 is 2.74 bits per heavy atom. The van der Waals surface area contributed by atoms with Gasteiger partial charge >= 0.3 is 0 Å². The maximum absolute atomic E-state index is 6.41. The number of nitrogens with zero attached hydrogens (tertiary/aromatic N) is 1. The highest BCUT2D eigenvalue weighted by molar-refractivity contribution is 7.19. The molecule has 0 spiro atoms. The first kappa shape index (κ1) is 14.8. The van der Waals surface area contributed by atoms with Gasteiger partial charge < -0.3 is 10.2 Å². The molecule has 2 rings (SSSR count). The van der Waals surface area contributed by atoms with E-state index >= 15 is 0 Å². The highest BCUT2D eigenvalue weighted by Gasteiger charge is 2.09. The lowest BCUT2D eigenvalue weighted by Gasteiger charge is -2.20. The van der Waals surface area contributed by atoms with E-state index in [1.54, 1.807) is 11.3 Å². The number of halogens is 1. The minimum Gasteiger partial charge on any atom is -0.311 e. The maximum atomic E-state index is 6.41. The molecule has 0 aliphatic carbocycles. The third-order valence-corrected chi connectivity index (χ3v) is 5.12. The van der Waals surface area contributed by atoms with E-state index in [0.717, 1.165) is 24.7 Å². The van der Waals surface area contributed by atoms with Crippen molar-refractivity contribution in [3.8, 4) is 0 Å². The van der Waals surface area contributed by atoms with E-state index in [-0.39, 0.29) is 0 Å². The fourth-order valence-electron chi connectivity index (χ4n) is 1.89. The lowest BCUT2D eigenvalue weighted by molar-refractivity contribution is 0.273. The Morgan fingerprint density at radius 2 is 2.05 bits per heavy atom. The summed E-state index contributed by atoms with van der Waals surface area (Å²) in [7, 11) is 2.15. The van der Waals surface area contributed by atoms with Crippen LogP contribution in [0.25, 0.3) is 10.1 Å². The number of nitrogens with one attached hydrogen (secondary N) is 1. The van der Waals surface area contributed by atoms with Crippen LogP contribution in [0.1, 0.15) is 18.7 Å². The Balaban J connectivity index is 1.90. The Bertz CT molecular complexity index is 536. The molecule has 0 fully saturated rings. The molecule has 1 heterocycles. The molecule has 1 aromatic heterocycles. The first-order chi connectivity index (χ1) is 9.09. The van der Waals surface area contributed by atoms with Gasteiger partial charge in [-0.25, -0.2) is 0 Å². The molecule has 0 bridgehead atoms. The summed E-state index contributed by atoms with van der Waals surface area (Å²) in [5.41, 5.74) is 0. The molecular weight excluding hydrogens is 276 g/mol. The van der Waals surface area contributed by atoms with E-state index < -0.39 is 0 Å². The minimum atomic E-state index is 0.592. The number of thiophene rings is 1. The number of likely N-dealkylation sites (N-methyl/N-ethyl adjacent to an activating group) is 1. The molecule has 19 heavy (non-hydrogen) atoms. The lowest BCUT2D eigenvalue weighted by atomic mass is 10.2. The Hall–Kier alpha value is -0.610. The van der Waals surface area contributed by atoms with Crippen molar-refractivity contribution in [2.45, 2.75) is 26.4 Å². The van der Waals surface area contributed by atoms with Crippen molar-refractivity contribution < 1.29 is 0 Å². The summed E-state index contributed by atoms with van der Waals surface area (Å²) in [6, 6.07) is 8.90. The van der Waals surface area contributed by atoms with Gasteiger partial charge in [0.25, 0.3) is 0 Å². The van der Waals surface area contributed by atoms with Gasteiger partial charge in [-0.15, -0.1) is 11.3 Å². The highest BCUT2D eigenvalue weighted by atomic mass is 35.5. The zero-order valence-electron chi connectivity index (χ0n) is 11.7. The molecular formula is C15H21ClN2S. The van der Waals surface area contributed by atoms with Crippen molar-refractivity contribution in [1.82, 2.24) is 10.2 Å². The minimum absolute atomic E-state index is 0.592. The molecule has 1 aromatic carbocycles. The van der Waals surface area contributed by atoms with Gasteiger partial charge in [-0.1, -0.05) is 29.8 Å². The van der Waals surface area contributed by atoms with Crippen LogP contribution in [0.15, 0.2) is 24.3 Å². The fourth-order valence-corrected chi connectivity index (χ4v) is 3.36. The van der Waals surface area contributed by atoms with Crippen molar-refractivity contribution in [3.05, 3.63) is 34.2 Å².